The molecule has 0 spiro atoms. The van der Waals surface area contributed by atoms with Crippen LogP contribution in [0.25, 0.3) is 11.0 Å². The Bertz CT molecular complexity index is 494. The Balaban J connectivity index is 2.20. The molecule has 0 aliphatic rings. The van der Waals surface area contributed by atoms with Crippen molar-refractivity contribution in [2.75, 3.05) is 13.7 Å². The van der Waals surface area contributed by atoms with Gasteiger partial charge in [-0.25, -0.2) is 4.98 Å². The number of aryl methyl sites for hydroxylation is 1. The summed E-state index contributed by atoms with van der Waals surface area (Å²) < 4.78 is 7.04. The van der Waals surface area contributed by atoms with Crippen LogP contribution < -0.4 is 5.73 Å². The van der Waals surface area contributed by atoms with Crippen molar-refractivity contribution in [3.63, 3.8) is 0 Å². The van der Waals surface area contributed by atoms with Crippen LogP contribution in [0.5, 0.6) is 0 Å². The van der Waals surface area contributed by atoms with Crippen LogP contribution in [-0.2, 0) is 11.8 Å². The second-order valence-electron chi connectivity index (χ2n) is 4.13. The lowest BCUT2D eigenvalue weighted by Gasteiger charge is -2.11. The Hall–Kier alpha value is -1.46. The zero-order valence-corrected chi connectivity index (χ0v) is 10.3. The lowest BCUT2D eigenvalue weighted by Crippen LogP contribution is -2.15. The fraction of sp³-hybridized carbons (Fsp3) is 0.500. The molecule has 1 atom stereocenters. The molecular formula is C12H18N4O. The number of fused-ring (bicyclic) bond motifs is 1. The average molecular weight is 234 g/mol. The van der Waals surface area contributed by atoms with E-state index in [0.717, 1.165) is 36.3 Å². The lowest BCUT2D eigenvalue weighted by molar-refractivity contribution is 0.190. The molecule has 0 aliphatic carbocycles. The summed E-state index contributed by atoms with van der Waals surface area (Å²) in [5, 5.41) is 0. The molecule has 0 bridgehead atoms. The number of ether oxygens (including phenoxy) is 1. The van der Waals surface area contributed by atoms with E-state index < -0.39 is 0 Å². The van der Waals surface area contributed by atoms with Gasteiger partial charge in [0.2, 0.25) is 0 Å². The Morgan fingerprint density at radius 3 is 3.06 bits per heavy atom. The molecule has 2 aromatic rings. The number of nitrogens with two attached hydrogens (primary N) is 1. The topological polar surface area (TPSA) is 66.0 Å². The van der Waals surface area contributed by atoms with Crippen LogP contribution in [0.3, 0.4) is 0 Å². The lowest BCUT2D eigenvalue weighted by atomic mass is 10.1. The third kappa shape index (κ3) is 2.45. The smallest absolute Gasteiger partial charge is 0.126 e. The van der Waals surface area contributed by atoms with E-state index in [9.17, 15) is 0 Å². The van der Waals surface area contributed by atoms with E-state index in [2.05, 4.69) is 9.97 Å². The molecule has 5 heteroatoms. The van der Waals surface area contributed by atoms with Crippen molar-refractivity contribution >= 4 is 11.0 Å². The van der Waals surface area contributed by atoms with E-state index in [4.69, 9.17) is 10.5 Å². The summed E-state index contributed by atoms with van der Waals surface area (Å²) in [7, 11) is 3.68. The van der Waals surface area contributed by atoms with Gasteiger partial charge in [0, 0.05) is 27.0 Å². The zero-order chi connectivity index (χ0) is 12.3. The predicted molar refractivity (Wildman–Crippen MR) is 66.5 cm³/mol. The maximum Gasteiger partial charge on any atom is 0.126 e. The summed E-state index contributed by atoms with van der Waals surface area (Å²) in [6.45, 7) is 0.735. The maximum atomic E-state index is 6.14. The fourth-order valence-corrected chi connectivity index (χ4v) is 1.96. The molecule has 2 aromatic heterocycles. The van der Waals surface area contributed by atoms with Gasteiger partial charge in [0.1, 0.15) is 5.82 Å². The van der Waals surface area contributed by atoms with Gasteiger partial charge >= 0.3 is 0 Å². The quantitative estimate of drug-likeness (QED) is 0.794. The first-order chi connectivity index (χ1) is 8.24. The molecule has 0 aliphatic heterocycles. The second-order valence-corrected chi connectivity index (χ2v) is 4.13. The first-order valence-corrected chi connectivity index (χ1v) is 5.75. The van der Waals surface area contributed by atoms with Crippen molar-refractivity contribution in [3.8, 4) is 0 Å². The molecular weight excluding hydrogens is 216 g/mol. The summed E-state index contributed by atoms with van der Waals surface area (Å²) in [6.07, 6.45) is 5.38. The Labute approximate surface area is 101 Å². The van der Waals surface area contributed by atoms with Gasteiger partial charge < -0.3 is 15.0 Å². The second kappa shape index (κ2) is 5.25. The highest BCUT2D eigenvalue weighted by Crippen LogP contribution is 2.19. The van der Waals surface area contributed by atoms with Gasteiger partial charge in [0.15, 0.2) is 0 Å². The van der Waals surface area contributed by atoms with Gasteiger partial charge in [-0.05, 0) is 18.9 Å². The molecule has 2 N–H and O–H groups in total. The Morgan fingerprint density at radius 2 is 2.35 bits per heavy atom. The first-order valence-electron chi connectivity index (χ1n) is 5.75. The van der Waals surface area contributed by atoms with E-state index in [0.29, 0.717) is 0 Å². The number of hydrogen-bond acceptors (Lipinski definition) is 4. The SMILES string of the molecule is COCCCC(N)c1nc2ccncc2n1C. The van der Waals surface area contributed by atoms with E-state index in [1.807, 2.05) is 23.9 Å². The molecule has 1 unspecified atom stereocenters. The molecule has 2 rings (SSSR count). The number of nitrogens with zero attached hydrogens (tertiary/aromatic N) is 3. The van der Waals surface area contributed by atoms with Crippen LogP contribution in [0.1, 0.15) is 24.7 Å². The fourth-order valence-electron chi connectivity index (χ4n) is 1.96. The van der Waals surface area contributed by atoms with E-state index in [1.165, 1.54) is 0 Å². The average Bonchev–Trinajstić information content (AvgIpc) is 2.68. The molecule has 5 nitrogen and oxygen atoms in total. The van der Waals surface area contributed by atoms with Crippen LogP contribution >= 0.6 is 0 Å². The summed E-state index contributed by atoms with van der Waals surface area (Å²) >= 11 is 0. The summed E-state index contributed by atoms with van der Waals surface area (Å²) in [6, 6.07) is 1.85. The molecule has 2 heterocycles. The molecule has 0 saturated carbocycles. The number of imidazole rings is 1. The Morgan fingerprint density at radius 1 is 1.53 bits per heavy atom. The van der Waals surface area contributed by atoms with Crippen molar-refractivity contribution in [2.45, 2.75) is 18.9 Å². The number of hydrogen-bond donors (Lipinski definition) is 1. The molecule has 17 heavy (non-hydrogen) atoms. The van der Waals surface area contributed by atoms with Crippen LogP contribution in [0.2, 0.25) is 0 Å². The highest BCUT2D eigenvalue weighted by molar-refractivity contribution is 5.74. The summed E-state index contributed by atoms with van der Waals surface area (Å²) in [4.78, 5) is 8.65. The number of pyridine rings is 1. The van der Waals surface area contributed by atoms with Crippen LogP contribution in [0.15, 0.2) is 18.5 Å². The third-order valence-corrected chi connectivity index (χ3v) is 2.91. The molecule has 0 saturated heterocycles. The minimum Gasteiger partial charge on any atom is -0.385 e. The first kappa shape index (κ1) is 12.0. The summed E-state index contributed by atoms with van der Waals surface area (Å²) in [5.74, 6) is 0.907. The Kier molecular flexibility index (Phi) is 3.71. The van der Waals surface area contributed by atoms with Gasteiger partial charge in [0.05, 0.1) is 23.3 Å². The van der Waals surface area contributed by atoms with Crippen LogP contribution in [0, 0.1) is 0 Å². The molecule has 0 amide bonds. The predicted octanol–water partition coefficient (Wildman–Crippen LogP) is 1.39. The van der Waals surface area contributed by atoms with E-state index >= 15 is 0 Å². The normalized spacial score (nSPS) is 13.1. The largest absolute Gasteiger partial charge is 0.385 e. The summed E-state index contributed by atoms with van der Waals surface area (Å²) in [5.41, 5.74) is 8.10. The minimum absolute atomic E-state index is 0.0532. The van der Waals surface area contributed by atoms with Gasteiger partial charge in [0.25, 0.3) is 0 Å². The van der Waals surface area contributed by atoms with Gasteiger partial charge in [-0.2, -0.15) is 0 Å². The van der Waals surface area contributed by atoms with Crippen molar-refractivity contribution < 1.29 is 4.74 Å². The third-order valence-electron chi connectivity index (χ3n) is 2.91. The van der Waals surface area contributed by atoms with Gasteiger partial charge in [-0.15, -0.1) is 0 Å². The van der Waals surface area contributed by atoms with Crippen molar-refractivity contribution in [1.29, 1.82) is 0 Å². The highest BCUT2D eigenvalue weighted by atomic mass is 16.5. The van der Waals surface area contributed by atoms with Crippen LogP contribution in [0.4, 0.5) is 0 Å². The minimum atomic E-state index is -0.0532. The van der Waals surface area contributed by atoms with E-state index in [-0.39, 0.29) is 6.04 Å². The molecule has 92 valence electrons. The molecule has 0 fully saturated rings. The van der Waals surface area contributed by atoms with Gasteiger partial charge in [-0.3, -0.25) is 4.98 Å². The molecule has 0 radical (unpaired) electrons. The molecule has 0 aromatic carbocycles. The number of rotatable bonds is 5. The number of aromatic nitrogens is 3. The standard InChI is InChI=1S/C12H18N4O/c1-16-11-8-14-6-5-10(11)15-12(16)9(13)4-3-7-17-2/h5-6,8-9H,3-4,7,13H2,1-2H3. The van der Waals surface area contributed by atoms with Crippen LogP contribution in [-0.4, -0.2) is 28.3 Å². The highest BCUT2D eigenvalue weighted by Gasteiger charge is 2.14. The van der Waals surface area contributed by atoms with Gasteiger partial charge in [-0.1, -0.05) is 0 Å². The number of methoxy groups -OCH3 is 1. The van der Waals surface area contributed by atoms with Crippen molar-refractivity contribution in [2.24, 2.45) is 12.8 Å². The van der Waals surface area contributed by atoms with E-state index in [1.54, 1.807) is 13.3 Å². The van der Waals surface area contributed by atoms with Crippen molar-refractivity contribution in [3.05, 3.63) is 24.3 Å². The zero-order valence-electron chi connectivity index (χ0n) is 10.3. The van der Waals surface area contributed by atoms with Crippen molar-refractivity contribution in [1.82, 2.24) is 14.5 Å². The maximum absolute atomic E-state index is 6.14. The monoisotopic (exact) mass is 234 g/mol.